The molecule has 0 aliphatic rings. The Labute approximate surface area is 132 Å². The summed E-state index contributed by atoms with van der Waals surface area (Å²) in [5, 5.41) is 65.4. The first-order valence-corrected chi connectivity index (χ1v) is 6.16. The molecule has 0 rings (SSSR count). The summed E-state index contributed by atoms with van der Waals surface area (Å²) in [5.74, 6) is -2.62. The molecule has 0 fully saturated rings. The molecular weight excluding hydrogens is 320 g/mol. The standard InChI is InChI=1S/2C4H11NO3.C3H4O4/c2*5-4(1-6,2-7)3-8;4-2(5)1-3(6)7/h2*6-8H,1-3,5H2;1H2,(H,4,5)(H,6,7). The third-order valence-corrected chi connectivity index (χ3v) is 2.19. The van der Waals surface area contributed by atoms with E-state index in [9.17, 15) is 9.59 Å². The molecule has 0 aromatic heterocycles. The van der Waals surface area contributed by atoms with Crippen LogP contribution in [-0.2, 0) is 9.59 Å². The van der Waals surface area contributed by atoms with Crippen LogP contribution in [-0.4, -0.2) is 104 Å². The summed E-state index contributed by atoms with van der Waals surface area (Å²) < 4.78 is 0. The number of rotatable bonds is 8. The Morgan fingerprint density at radius 1 is 0.609 bits per heavy atom. The van der Waals surface area contributed by atoms with E-state index in [-0.39, 0.29) is 0 Å². The van der Waals surface area contributed by atoms with Crippen LogP contribution in [0.3, 0.4) is 0 Å². The third-order valence-electron chi connectivity index (χ3n) is 2.19. The Kier molecular flexibility index (Phi) is 16.4. The number of hydrogen-bond donors (Lipinski definition) is 10. The van der Waals surface area contributed by atoms with Gasteiger partial charge in [0.05, 0.1) is 50.7 Å². The van der Waals surface area contributed by atoms with Crippen molar-refractivity contribution in [3.63, 3.8) is 0 Å². The van der Waals surface area contributed by atoms with Gasteiger partial charge in [0.2, 0.25) is 0 Å². The number of carboxylic acids is 2. The summed E-state index contributed by atoms with van der Waals surface area (Å²) in [6.07, 6.45) is -0.806. The van der Waals surface area contributed by atoms with Crippen molar-refractivity contribution in [2.24, 2.45) is 11.5 Å². The Hall–Kier alpha value is -1.38. The maximum atomic E-state index is 9.43. The second-order valence-electron chi connectivity index (χ2n) is 4.64. The molecule has 0 aromatic rings. The molecule has 0 saturated carbocycles. The minimum absolute atomic E-state index is 0.403. The normalized spacial score (nSPS) is 10.8. The van der Waals surface area contributed by atoms with Crippen LogP contribution in [0.25, 0.3) is 0 Å². The zero-order valence-corrected chi connectivity index (χ0v) is 12.5. The highest BCUT2D eigenvalue weighted by Gasteiger charge is 2.21. The van der Waals surface area contributed by atoms with Gasteiger partial charge in [0.15, 0.2) is 0 Å². The maximum Gasteiger partial charge on any atom is 0.314 e. The van der Waals surface area contributed by atoms with E-state index >= 15 is 0 Å². The molecule has 12 nitrogen and oxygen atoms in total. The van der Waals surface area contributed by atoms with E-state index < -0.39 is 69.1 Å². The van der Waals surface area contributed by atoms with E-state index in [4.69, 9.17) is 52.3 Å². The van der Waals surface area contributed by atoms with Crippen LogP contribution in [0.15, 0.2) is 0 Å². The highest BCUT2D eigenvalue weighted by molar-refractivity contribution is 5.88. The third kappa shape index (κ3) is 16.8. The van der Waals surface area contributed by atoms with Crippen molar-refractivity contribution in [2.45, 2.75) is 17.5 Å². The largest absolute Gasteiger partial charge is 0.481 e. The summed E-state index contributed by atoms with van der Waals surface area (Å²) in [4.78, 5) is 18.9. The highest BCUT2D eigenvalue weighted by Crippen LogP contribution is 1.93. The molecular formula is C11H26N2O10. The molecule has 23 heavy (non-hydrogen) atoms. The van der Waals surface area contributed by atoms with Gasteiger partial charge in [-0.3, -0.25) is 9.59 Å². The predicted octanol–water partition coefficient (Wildman–Crippen LogP) is -5.13. The van der Waals surface area contributed by atoms with Crippen molar-refractivity contribution in [1.29, 1.82) is 0 Å². The molecule has 12 N–H and O–H groups in total. The van der Waals surface area contributed by atoms with Gasteiger partial charge in [0.1, 0.15) is 6.42 Å². The Morgan fingerprint density at radius 3 is 0.783 bits per heavy atom. The fourth-order valence-electron chi connectivity index (χ4n) is 0.429. The molecule has 0 heterocycles. The second kappa shape index (κ2) is 14.2. The number of nitrogens with two attached hydrogens (primary N) is 2. The van der Waals surface area contributed by atoms with E-state index in [1.54, 1.807) is 0 Å². The lowest BCUT2D eigenvalue weighted by atomic mass is 10.1. The van der Waals surface area contributed by atoms with E-state index in [2.05, 4.69) is 0 Å². The molecule has 0 unspecified atom stereocenters. The van der Waals surface area contributed by atoms with Crippen molar-refractivity contribution < 1.29 is 50.4 Å². The minimum atomic E-state index is -1.31. The average molecular weight is 346 g/mol. The van der Waals surface area contributed by atoms with Crippen LogP contribution in [0.5, 0.6) is 0 Å². The lowest BCUT2D eigenvalue weighted by Gasteiger charge is -2.20. The first-order chi connectivity index (χ1) is 10.5. The van der Waals surface area contributed by atoms with Gasteiger partial charge < -0.3 is 52.3 Å². The summed E-state index contributed by atoms with van der Waals surface area (Å²) in [6.45, 7) is -2.42. The molecule has 140 valence electrons. The molecule has 0 aliphatic heterocycles. The highest BCUT2D eigenvalue weighted by atomic mass is 16.4. The maximum absolute atomic E-state index is 9.43. The fraction of sp³-hybridized carbons (Fsp3) is 0.818. The minimum Gasteiger partial charge on any atom is -0.481 e. The first kappa shape index (κ1) is 26.5. The van der Waals surface area contributed by atoms with Gasteiger partial charge in [-0.2, -0.15) is 0 Å². The van der Waals surface area contributed by atoms with Crippen molar-refractivity contribution in [3.05, 3.63) is 0 Å². The van der Waals surface area contributed by atoms with Gasteiger partial charge in [-0.25, -0.2) is 0 Å². The van der Waals surface area contributed by atoms with E-state index in [0.717, 1.165) is 0 Å². The lowest BCUT2D eigenvalue weighted by molar-refractivity contribution is -0.147. The average Bonchev–Trinajstić information content (AvgIpc) is 2.53. The predicted molar refractivity (Wildman–Crippen MR) is 76.2 cm³/mol. The quantitative estimate of drug-likeness (QED) is 0.185. The summed E-state index contributed by atoms with van der Waals surface area (Å²) in [5.41, 5.74) is 7.88. The van der Waals surface area contributed by atoms with E-state index in [0.29, 0.717) is 0 Å². The molecule has 0 amide bonds. The number of hydrogen-bond acceptors (Lipinski definition) is 10. The Morgan fingerprint density at radius 2 is 0.783 bits per heavy atom. The van der Waals surface area contributed by atoms with Crippen LogP contribution in [0.4, 0.5) is 0 Å². The Bertz CT molecular complexity index is 271. The van der Waals surface area contributed by atoms with Gasteiger partial charge in [0.25, 0.3) is 0 Å². The monoisotopic (exact) mass is 346 g/mol. The van der Waals surface area contributed by atoms with Gasteiger partial charge >= 0.3 is 11.9 Å². The molecule has 0 aliphatic carbocycles. The molecule has 12 heteroatoms. The molecule has 0 bridgehead atoms. The van der Waals surface area contributed by atoms with Crippen LogP contribution in [0.2, 0.25) is 0 Å². The van der Waals surface area contributed by atoms with Crippen molar-refractivity contribution in [3.8, 4) is 0 Å². The van der Waals surface area contributed by atoms with Crippen molar-refractivity contribution >= 4 is 11.9 Å². The van der Waals surface area contributed by atoms with Gasteiger partial charge in [-0.15, -0.1) is 0 Å². The van der Waals surface area contributed by atoms with Gasteiger partial charge in [0, 0.05) is 0 Å². The first-order valence-electron chi connectivity index (χ1n) is 6.16. The zero-order chi connectivity index (χ0) is 19.1. The second-order valence-corrected chi connectivity index (χ2v) is 4.64. The van der Waals surface area contributed by atoms with Crippen LogP contribution < -0.4 is 11.5 Å². The van der Waals surface area contributed by atoms with E-state index in [1.807, 2.05) is 0 Å². The molecule has 0 atom stereocenters. The molecule has 0 saturated heterocycles. The zero-order valence-electron chi connectivity index (χ0n) is 12.5. The topological polar surface area (TPSA) is 248 Å². The van der Waals surface area contributed by atoms with Gasteiger partial charge in [-0.05, 0) is 0 Å². The van der Waals surface area contributed by atoms with Crippen molar-refractivity contribution in [2.75, 3.05) is 39.6 Å². The van der Waals surface area contributed by atoms with Crippen LogP contribution >= 0.6 is 0 Å². The fourth-order valence-corrected chi connectivity index (χ4v) is 0.429. The number of aliphatic carboxylic acids is 2. The Balaban J connectivity index is -0.000000262. The van der Waals surface area contributed by atoms with Crippen LogP contribution in [0, 0.1) is 0 Å². The van der Waals surface area contributed by atoms with Gasteiger partial charge in [-0.1, -0.05) is 0 Å². The van der Waals surface area contributed by atoms with Crippen molar-refractivity contribution in [1.82, 2.24) is 0 Å². The summed E-state index contributed by atoms with van der Waals surface area (Å²) in [7, 11) is 0. The van der Waals surface area contributed by atoms with E-state index in [1.165, 1.54) is 0 Å². The molecule has 0 spiro atoms. The number of carbonyl (C=O) groups is 2. The smallest absolute Gasteiger partial charge is 0.314 e. The number of aliphatic hydroxyl groups excluding tert-OH is 6. The van der Waals surface area contributed by atoms with Crippen LogP contribution in [0.1, 0.15) is 6.42 Å². The molecule has 0 aromatic carbocycles. The number of aliphatic hydroxyl groups is 6. The lowest BCUT2D eigenvalue weighted by Crippen LogP contribution is -2.50. The number of carboxylic acid groups (broad SMARTS) is 2. The molecule has 0 radical (unpaired) electrons. The summed E-state index contributed by atoms with van der Waals surface area (Å²) in [6, 6.07) is 0. The summed E-state index contributed by atoms with van der Waals surface area (Å²) >= 11 is 0. The SMILES string of the molecule is NC(CO)(CO)CO.NC(CO)(CO)CO.O=C(O)CC(=O)O.